The first kappa shape index (κ1) is 20.4. The van der Waals surface area contributed by atoms with Crippen LogP contribution in [-0.2, 0) is 6.54 Å². The molecule has 1 atom stereocenters. The van der Waals surface area contributed by atoms with Gasteiger partial charge in [-0.2, -0.15) is 4.98 Å². The van der Waals surface area contributed by atoms with Crippen LogP contribution in [0.15, 0.2) is 49.1 Å². The Morgan fingerprint density at radius 2 is 2.03 bits per heavy atom. The number of pyridine rings is 1. The third-order valence-electron chi connectivity index (χ3n) is 5.50. The Bertz CT molecular complexity index is 1240. The van der Waals surface area contributed by atoms with Crippen LogP contribution in [0.4, 0.5) is 16.0 Å². The zero-order valence-corrected chi connectivity index (χ0v) is 18.1. The van der Waals surface area contributed by atoms with Crippen molar-refractivity contribution < 1.29 is 9.13 Å². The molecule has 3 aromatic heterocycles. The maximum absolute atomic E-state index is 13.4. The van der Waals surface area contributed by atoms with E-state index in [1.54, 1.807) is 30.4 Å². The Kier molecular flexibility index (Phi) is 5.48. The SMILES string of the molecule is COc1cc(Nc2nc3n(n2)CCCCC3c2ccc(F)cc2)cnc1-n1cnc(Cl)c1. The van der Waals surface area contributed by atoms with Gasteiger partial charge >= 0.3 is 0 Å². The van der Waals surface area contributed by atoms with Crippen molar-refractivity contribution in [1.82, 2.24) is 29.3 Å². The van der Waals surface area contributed by atoms with Crippen LogP contribution in [0.2, 0.25) is 5.15 Å². The lowest BCUT2D eigenvalue weighted by Crippen LogP contribution is -2.08. The first-order valence-corrected chi connectivity index (χ1v) is 10.7. The number of rotatable bonds is 5. The largest absolute Gasteiger partial charge is 0.493 e. The van der Waals surface area contributed by atoms with Gasteiger partial charge < -0.3 is 10.1 Å². The van der Waals surface area contributed by atoms with Crippen molar-refractivity contribution in [2.75, 3.05) is 12.4 Å². The van der Waals surface area contributed by atoms with E-state index >= 15 is 0 Å². The molecule has 1 aromatic carbocycles. The second-order valence-corrected chi connectivity index (χ2v) is 7.98. The molecule has 1 N–H and O–H groups in total. The number of aromatic nitrogens is 6. The molecule has 164 valence electrons. The van der Waals surface area contributed by atoms with Crippen LogP contribution in [0, 0.1) is 5.82 Å². The Hall–Kier alpha value is -3.46. The van der Waals surface area contributed by atoms with Gasteiger partial charge in [-0.05, 0) is 30.5 Å². The fraction of sp³-hybridized carbons (Fsp3) is 0.273. The number of aryl methyl sites for hydroxylation is 1. The van der Waals surface area contributed by atoms with Gasteiger partial charge in [-0.1, -0.05) is 30.2 Å². The van der Waals surface area contributed by atoms with Crippen molar-refractivity contribution in [2.24, 2.45) is 0 Å². The molecular formula is C22H21ClFN7O. The smallest absolute Gasteiger partial charge is 0.246 e. The van der Waals surface area contributed by atoms with E-state index in [2.05, 4.69) is 20.4 Å². The van der Waals surface area contributed by atoms with Gasteiger partial charge in [0.25, 0.3) is 0 Å². The summed E-state index contributed by atoms with van der Waals surface area (Å²) >= 11 is 5.92. The van der Waals surface area contributed by atoms with Crippen LogP contribution in [0.3, 0.4) is 0 Å². The van der Waals surface area contributed by atoms with E-state index in [0.717, 1.165) is 37.2 Å². The van der Waals surface area contributed by atoms with Crippen LogP contribution in [0.25, 0.3) is 5.82 Å². The molecule has 1 aliphatic heterocycles. The Balaban J connectivity index is 1.43. The molecule has 0 aliphatic carbocycles. The summed E-state index contributed by atoms with van der Waals surface area (Å²) in [5, 5.41) is 8.25. The van der Waals surface area contributed by atoms with Crippen molar-refractivity contribution in [3.05, 3.63) is 71.4 Å². The molecule has 5 rings (SSSR count). The molecule has 0 radical (unpaired) electrons. The Morgan fingerprint density at radius 1 is 1.19 bits per heavy atom. The second-order valence-electron chi connectivity index (χ2n) is 7.60. The molecule has 1 aliphatic rings. The van der Waals surface area contributed by atoms with E-state index in [9.17, 15) is 4.39 Å². The van der Waals surface area contributed by atoms with Crippen molar-refractivity contribution >= 4 is 23.2 Å². The van der Waals surface area contributed by atoms with Gasteiger partial charge in [0.1, 0.15) is 23.1 Å². The number of fused-ring (bicyclic) bond motifs is 1. The van der Waals surface area contributed by atoms with Crippen LogP contribution in [0.5, 0.6) is 5.75 Å². The fourth-order valence-electron chi connectivity index (χ4n) is 3.97. The van der Waals surface area contributed by atoms with Crippen LogP contribution in [0.1, 0.15) is 36.6 Å². The number of hydrogen-bond acceptors (Lipinski definition) is 6. The standard InChI is InChI=1S/C22H21ClFN7O/c1-32-18-10-16(11-25-21(18)30-12-19(23)26-13-30)27-22-28-20-17(4-2-3-9-31(20)29-22)14-5-7-15(24)8-6-14/h5-8,10-13,17H,2-4,9H2,1H3,(H,27,29). The third-order valence-corrected chi connectivity index (χ3v) is 5.70. The molecular weight excluding hydrogens is 433 g/mol. The highest BCUT2D eigenvalue weighted by Gasteiger charge is 2.24. The van der Waals surface area contributed by atoms with Gasteiger partial charge in [0.05, 0.1) is 19.0 Å². The van der Waals surface area contributed by atoms with E-state index in [-0.39, 0.29) is 11.7 Å². The number of anilines is 2. The lowest BCUT2D eigenvalue weighted by molar-refractivity contribution is 0.411. The summed E-state index contributed by atoms with van der Waals surface area (Å²) < 4.78 is 22.5. The molecule has 10 heteroatoms. The van der Waals surface area contributed by atoms with Crippen molar-refractivity contribution in [1.29, 1.82) is 0 Å². The van der Waals surface area contributed by atoms with Gasteiger partial charge in [0, 0.05) is 24.7 Å². The van der Waals surface area contributed by atoms with E-state index in [1.807, 2.05) is 22.9 Å². The Morgan fingerprint density at radius 3 is 2.78 bits per heavy atom. The number of halogens is 2. The average molecular weight is 454 g/mol. The third kappa shape index (κ3) is 4.03. The van der Waals surface area contributed by atoms with Crippen molar-refractivity contribution in [3.63, 3.8) is 0 Å². The zero-order valence-electron chi connectivity index (χ0n) is 17.4. The molecule has 4 aromatic rings. The van der Waals surface area contributed by atoms with Crippen LogP contribution >= 0.6 is 11.6 Å². The summed E-state index contributed by atoms with van der Waals surface area (Å²) in [6, 6.07) is 8.46. The molecule has 0 saturated heterocycles. The first-order chi connectivity index (χ1) is 15.6. The summed E-state index contributed by atoms with van der Waals surface area (Å²) in [7, 11) is 1.58. The van der Waals surface area contributed by atoms with E-state index in [0.29, 0.717) is 28.4 Å². The predicted molar refractivity (Wildman–Crippen MR) is 118 cm³/mol. The van der Waals surface area contributed by atoms with Crippen LogP contribution in [-0.4, -0.2) is 36.4 Å². The van der Waals surface area contributed by atoms with E-state index in [1.165, 1.54) is 12.1 Å². The molecule has 1 unspecified atom stereocenters. The quantitative estimate of drug-likeness (QED) is 0.471. The second kappa shape index (κ2) is 8.58. The van der Waals surface area contributed by atoms with Gasteiger partial charge in [-0.3, -0.25) is 4.57 Å². The monoisotopic (exact) mass is 453 g/mol. The summed E-state index contributed by atoms with van der Waals surface area (Å²) in [6.45, 7) is 0.795. The minimum atomic E-state index is -0.242. The fourth-order valence-corrected chi connectivity index (χ4v) is 4.12. The van der Waals surface area contributed by atoms with Crippen molar-refractivity contribution in [3.8, 4) is 11.6 Å². The number of nitrogens with zero attached hydrogens (tertiary/aromatic N) is 6. The lowest BCUT2D eigenvalue weighted by atomic mass is 9.93. The highest BCUT2D eigenvalue weighted by atomic mass is 35.5. The highest BCUT2D eigenvalue weighted by Crippen LogP contribution is 2.33. The highest BCUT2D eigenvalue weighted by molar-refractivity contribution is 6.29. The number of nitrogens with one attached hydrogen (secondary N) is 1. The molecule has 0 amide bonds. The van der Waals surface area contributed by atoms with Gasteiger partial charge in [0.2, 0.25) is 5.95 Å². The number of hydrogen-bond donors (Lipinski definition) is 1. The van der Waals surface area contributed by atoms with E-state index < -0.39 is 0 Å². The first-order valence-electron chi connectivity index (χ1n) is 10.3. The summed E-state index contributed by atoms with van der Waals surface area (Å²) in [5.74, 6) is 2.31. The minimum absolute atomic E-state index is 0.0715. The normalized spacial score (nSPS) is 15.8. The molecule has 4 heterocycles. The van der Waals surface area contributed by atoms with E-state index in [4.69, 9.17) is 21.3 Å². The number of imidazole rings is 1. The maximum atomic E-state index is 13.4. The Labute approximate surface area is 189 Å². The molecule has 8 nitrogen and oxygen atoms in total. The molecule has 0 bridgehead atoms. The topological polar surface area (TPSA) is 82.7 Å². The number of ether oxygens (including phenoxy) is 1. The minimum Gasteiger partial charge on any atom is -0.493 e. The summed E-state index contributed by atoms with van der Waals surface area (Å²) in [5.41, 5.74) is 1.73. The number of methoxy groups -OCH3 is 1. The molecule has 0 fully saturated rings. The molecule has 0 saturated carbocycles. The average Bonchev–Trinajstić information content (AvgIpc) is 3.35. The van der Waals surface area contributed by atoms with Crippen LogP contribution < -0.4 is 10.1 Å². The number of benzene rings is 1. The summed E-state index contributed by atoms with van der Waals surface area (Å²) in [6.07, 6.45) is 7.94. The summed E-state index contributed by atoms with van der Waals surface area (Å²) in [4.78, 5) is 13.3. The molecule has 0 spiro atoms. The van der Waals surface area contributed by atoms with Crippen molar-refractivity contribution in [2.45, 2.75) is 31.7 Å². The molecule has 32 heavy (non-hydrogen) atoms. The zero-order chi connectivity index (χ0) is 22.1. The predicted octanol–water partition coefficient (Wildman–Crippen LogP) is 4.72. The van der Waals surface area contributed by atoms with Gasteiger partial charge in [-0.15, -0.1) is 5.10 Å². The lowest BCUT2D eigenvalue weighted by Gasteiger charge is -2.14. The maximum Gasteiger partial charge on any atom is 0.246 e. The van der Waals surface area contributed by atoms with Gasteiger partial charge in [-0.25, -0.2) is 19.0 Å². The van der Waals surface area contributed by atoms with Gasteiger partial charge in [0.15, 0.2) is 11.6 Å².